The zero-order valence-corrected chi connectivity index (χ0v) is 10.0. The summed E-state index contributed by atoms with van der Waals surface area (Å²) in [5.41, 5.74) is -0.152. The number of ketones is 2. The Morgan fingerprint density at radius 3 is 2.60 bits per heavy atom. The van der Waals surface area contributed by atoms with E-state index in [4.69, 9.17) is 0 Å². The van der Waals surface area contributed by atoms with Gasteiger partial charge in [-0.05, 0) is 30.8 Å². The predicted octanol–water partition coefficient (Wildman–Crippen LogP) is 2.77. The van der Waals surface area contributed by atoms with Crippen LogP contribution in [0.25, 0.3) is 0 Å². The number of carbonyl (C=O) groups is 2. The quantitative estimate of drug-likeness (QED) is 0.654. The molecule has 0 saturated heterocycles. The molecule has 3 unspecified atom stereocenters. The number of Topliss-reactive ketones (excluding diaryl/α,β-unsaturated/α-hetero) is 1. The molecular formula is C13H20O2. The van der Waals surface area contributed by atoms with Gasteiger partial charge in [-0.15, -0.1) is 0 Å². The Kier molecular flexibility index (Phi) is 3.48. The molecule has 0 amide bonds. The van der Waals surface area contributed by atoms with Crippen LogP contribution >= 0.6 is 0 Å². The number of carbonyl (C=O) groups excluding carboxylic acids is 2. The van der Waals surface area contributed by atoms with E-state index in [-0.39, 0.29) is 17.1 Å². The van der Waals surface area contributed by atoms with Crippen molar-refractivity contribution in [2.45, 2.75) is 40.5 Å². The first kappa shape index (κ1) is 12.2. The van der Waals surface area contributed by atoms with Gasteiger partial charge < -0.3 is 0 Å². The molecule has 0 aromatic heterocycles. The Bertz CT molecular complexity index is 304. The summed E-state index contributed by atoms with van der Waals surface area (Å²) in [5.74, 6) is 0.857. The number of allylic oxidation sites excluding steroid dienone is 2. The lowest BCUT2D eigenvalue weighted by molar-refractivity contribution is -0.129. The molecule has 0 N–H and O–H groups in total. The van der Waals surface area contributed by atoms with Crippen molar-refractivity contribution >= 4 is 11.6 Å². The third kappa shape index (κ3) is 2.36. The van der Waals surface area contributed by atoms with Gasteiger partial charge in [0.1, 0.15) is 5.78 Å². The molecule has 0 aliphatic heterocycles. The van der Waals surface area contributed by atoms with Crippen LogP contribution in [0.4, 0.5) is 0 Å². The molecule has 0 radical (unpaired) electrons. The van der Waals surface area contributed by atoms with Crippen LogP contribution in [-0.2, 0) is 9.59 Å². The molecule has 15 heavy (non-hydrogen) atoms. The van der Waals surface area contributed by atoms with Gasteiger partial charge in [-0.25, -0.2) is 0 Å². The third-order valence-electron chi connectivity index (χ3n) is 3.98. The van der Waals surface area contributed by atoms with Crippen molar-refractivity contribution in [1.29, 1.82) is 0 Å². The summed E-state index contributed by atoms with van der Waals surface area (Å²) in [7, 11) is 0. The van der Waals surface area contributed by atoms with Crippen LogP contribution in [0.1, 0.15) is 40.5 Å². The number of rotatable bonds is 2. The van der Waals surface area contributed by atoms with E-state index in [2.05, 4.69) is 13.8 Å². The predicted molar refractivity (Wildman–Crippen MR) is 60.5 cm³/mol. The highest BCUT2D eigenvalue weighted by molar-refractivity contribution is 5.88. The second kappa shape index (κ2) is 4.30. The molecule has 2 heteroatoms. The minimum atomic E-state index is -0.152. The lowest BCUT2D eigenvalue weighted by Crippen LogP contribution is -2.40. The van der Waals surface area contributed by atoms with E-state index in [1.54, 1.807) is 13.0 Å². The van der Waals surface area contributed by atoms with E-state index in [1.165, 1.54) is 0 Å². The minimum absolute atomic E-state index is 0.0249. The molecule has 0 bridgehead atoms. The van der Waals surface area contributed by atoms with Gasteiger partial charge in [0.2, 0.25) is 0 Å². The molecule has 84 valence electrons. The average Bonchev–Trinajstić information content (AvgIpc) is 2.18. The molecule has 1 fully saturated rings. The van der Waals surface area contributed by atoms with Gasteiger partial charge in [0.25, 0.3) is 0 Å². The fourth-order valence-electron chi connectivity index (χ4n) is 2.27. The van der Waals surface area contributed by atoms with Crippen molar-refractivity contribution in [2.24, 2.45) is 17.3 Å². The van der Waals surface area contributed by atoms with Crippen LogP contribution < -0.4 is 0 Å². The van der Waals surface area contributed by atoms with Gasteiger partial charge in [0.15, 0.2) is 5.78 Å². The molecular weight excluding hydrogens is 188 g/mol. The summed E-state index contributed by atoms with van der Waals surface area (Å²) < 4.78 is 0. The smallest absolute Gasteiger partial charge is 0.152 e. The third-order valence-corrected chi connectivity index (χ3v) is 3.98. The maximum atomic E-state index is 11.7. The highest BCUT2D eigenvalue weighted by Gasteiger charge is 2.41. The van der Waals surface area contributed by atoms with Crippen LogP contribution in [0.5, 0.6) is 0 Å². The van der Waals surface area contributed by atoms with Gasteiger partial charge in [0.05, 0.1) is 0 Å². The van der Waals surface area contributed by atoms with Crippen LogP contribution in [0.15, 0.2) is 12.2 Å². The molecule has 0 aromatic rings. The van der Waals surface area contributed by atoms with Crippen molar-refractivity contribution < 1.29 is 9.59 Å². The first-order chi connectivity index (χ1) is 6.88. The second-order valence-electron chi connectivity index (χ2n) is 4.94. The number of hydrogen-bond acceptors (Lipinski definition) is 2. The van der Waals surface area contributed by atoms with Crippen LogP contribution in [-0.4, -0.2) is 11.6 Å². The summed E-state index contributed by atoms with van der Waals surface area (Å²) in [6.45, 7) is 7.76. The molecule has 0 heterocycles. The largest absolute Gasteiger partial charge is 0.299 e. The SMILES string of the molecule is CC(=O)C=CC1(C)C(C)CCC(=O)C1C. The zero-order chi connectivity index (χ0) is 11.6. The summed E-state index contributed by atoms with van der Waals surface area (Å²) >= 11 is 0. The Labute approximate surface area is 91.7 Å². The summed E-state index contributed by atoms with van der Waals surface area (Å²) in [6.07, 6.45) is 5.15. The Morgan fingerprint density at radius 2 is 2.07 bits per heavy atom. The highest BCUT2D eigenvalue weighted by atomic mass is 16.1. The summed E-state index contributed by atoms with van der Waals surface area (Å²) in [5, 5.41) is 0. The van der Waals surface area contributed by atoms with Crippen molar-refractivity contribution in [1.82, 2.24) is 0 Å². The second-order valence-corrected chi connectivity index (χ2v) is 4.94. The molecule has 0 aromatic carbocycles. The maximum Gasteiger partial charge on any atom is 0.152 e. The van der Waals surface area contributed by atoms with Gasteiger partial charge in [-0.2, -0.15) is 0 Å². The van der Waals surface area contributed by atoms with Crippen molar-refractivity contribution in [2.75, 3.05) is 0 Å². The van der Waals surface area contributed by atoms with Crippen LogP contribution in [0, 0.1) is 17.3 Å². The molecule has 3 atom stereocenters. The van der Waals surface area contributed by atoms with E-state index < -0.39 is 0 Å². The standard InChI is InChI=1S/C13H20O2/c1-9-5-6-12(15)11(3)13(9,4)8-7-10(2)14/h7-9,11H,5-6H2,1-4H3. The van der Waals surface area contributed by atoms with Gasteiger partial charge in [-0.3, -0.25) is 9.59 Å². The van der Waals surface area contributed by atoms with E-state index >= 15 is 0 Å². The Hall–Kier alpha value is -0.920. The fraction of sp³-hybridized carbons (Fsp3) is 0.692. The summed E-state index contributed by atoms with van der Waals surface area (Å²) in [6, 6.07) is 0. The molecule has 1 aliphatic rings. The molecule has 0 spiro atoms. The van der Waals surface area contributed by atoms with Crippen molar-refractivity contribution in [3.8, 4) is 0 Å². The molecule has 2 nitrogen and oxygen atoms in total. The van der Waals surface area contributed by atoms with E-state index in [0.29, 0.717) is 18.1 Å². The first-order valence-electron chi connectivity index (χ1n) is 5.60. The van der Waals surface area contributed by atoms with Crippen LogP contribution in [0.3, 0.4) is 0 Å². The van der Waals surface area contributed by atoms with E-state index in [9.17, 15) is 9.59 Å². The normalized spacial score (nSPS) is 37.2. The monoisotopic (exact) mass is 208 g/mol. The molecule has 1 saturated carbocycles. The van der Waals surface area contributed by atoms with Gasteiger partial charge >= 0.3 is 0 Å². The molecule has 1 aliphatic carbocycles. The van der Waals surface area contributed by atoms with Gasteiger partial charge in [-0.1, -0.05) is 26.8 Å². The first-order valence-corrected chi connectivity index (χ1v) is 5.60. The Morgan fingerprint density at radius 1 is 1.47 bits per heavy atom. The summed E-state index contributed by atoms with van der Waals surface area (Å²) in [4.78, 5) is 22.6. The Balaban J connectivity index is 2.95. The minimum Gasteiger partial charge on any atom is -0.299 e. The van der Waals surface area contributed by atoms with E-state index in [1.807, 2.05) is 13.0 Å². The van der Waals surface area contributed by atoms with Crippen molar-refractivity contribution in [3.63, 3.8) is 0 Å². The topological polar surface area (TPSA) is 34.1 Å². The zero-order valence-electron chi connectivity index (χ0n) is 10.0. The fourth-order valence-corrected chi connectivity index (χ4v) is 2.27. The van der Waals surface area contributed by atoms with E-state index in [0.717, 1.165) is 6.42 Å². The lowest BCUT2D eigenvalue weighted by Gasteiger charge is -2.41. The van der Waals surface area contributed by atoms with Gasteiger partial charge in [0, 0.05) is 12.3 Å². The number of hydrogen-bond donors (Lipinski definition) is 0. The maximum absolute atomic E-state index is 11.7. The van der Waals surface area contributed by atoms with Crippen molar-refractivity contribution in [3.05, 3.63) is 12.2 Å². The highest BCUT2D eigenvalue weighted by Crippen LogP contribution is 2.44. The average molecular weight is 208 g/mol. The molecule has 1 rings (SSSR count). The lowest BCUT2D eigenvalue weighted by atomic mass is 9.62. The van der Waals surface area contributed by atoms with Crippen LogP contribution in [0.2, 0.25) is 0 Å².